The minimum absolute atomic E-state index is 0.0181. The standard InChI is InChI=1S/C45H78O14/c1-26(2)7-6-8-27(3)31-11-12-32-30-10-9-28-23-29(13-15-44(28,4)33(30)14-16-45(31,32)5)55-21-19-53-17-18-54-20-22-56-42-40(52)38(50)41(35(25-47)58-42)59-43-39(51)37(49)36(48)34(24-46)57-43/h9,26-27,29-43,46-52H,6-8,10-25H2,1-5H3/t27-,29+,30?,31-,32?,33?,34-,35-,36-,37+,38-,39-,40-,41-,42-,43-,44+,45-/m1/s1. The van der Waals surface area contributed by atoms with Crippen LogP contribution in [0.2, 0.25) is 0 Å². The zero-order valence-electron chi connectivity index (χ0n) is 36.3. The van der Waals surface area contributed by atoms with Crippen molar-refractivity contribution in [3.8, 4) is 0 Å². The topological polar surface area (TPSA) is 206 Å². The summed E-state index contributed by atoms with van der Waals surface area (Å²) in [6, 6.07) is 0. The summed E-state index contributed by atoms with van der Waals surface area (Å²) >= 11 is 0. The molecule has 14 heteroatoms. The number of ether oxygens (including phenoxy) is 7. The molecular formula is C45H78O14. The van der Waals surface area contributed by atoms with Gasteiger partial charge in [0.2, 0.25) is 0 Å². The van der Waals surface area contributed by atoms with Gasteiger partial charge >= 0.3 is 0 Å². The van der Waals surface area contributed by atoms with Gasteiger partial charge in [0, 0.05) is 0 Å². The number of aliphatic hydroxyl groups excluding tert-OH is 7. The van der Waals surface area contributed by atoms with Gasteiger partial charge in [-0.3, -0.25) is 0 Å². The second-order valence-corrected chi connectivity index (χ2v) is 19.6. The number of rotatable bonds is 20. The van der Waals surface area contributed by atoms with E-state index < -0.39 is 74.6 Å². The Balaban J connectivity index is 0.843. The molecule has 7 N–H and O–H groups in total. The summed E-state index contributed by atoms with van der Waals surface area (Å²) in [6.07, 6.45) is 2.22. The first kappa shape index (κ1) is 47.7. The van der Waals surface area contributed by atoms with E-state index in [0.717, 1.165) is 48.3 Å². The Morgan fingerprint density at radius 2 is 1.36 bits per heavy atom. The zero-order valence-corrected chi connectivity index (χ0v) is 36.3. The minimum atomic E-state index is -1.73. The molecule has 3 unspecified atom stereocenters. The molecule has 4 aliphatic carbocycles. The summed E-state index contributed by atoms with van der Waals surface area (Å²) in [7, 11) is 0. The molecule has 2 aliphatic heterocycles. The van der Waals surface area contributed by atoms with Crippen LogP contribution >= 0.6 is 0 Å². The summed E-state index contributed by atoms with van der Waals surface area (Å²) in [6.45, 7) is 13.1. The van der Waals surface area contributed by atoms with Crippen LogP contribution in [-0.4, -0.2) is 156 Å². The number of aliphatic hydroxyl groups is 7. The lowest BCUT2D eigenvalue weighted by atomic mass is 9.47. The van der Waals surface area contributed by atoms with E-state index in [-0.39, 0.29) is 19.3 Å². The fraction of sp³-hybridized carbons (Fsp3) is 0.956. The lowest BCUT2D eigenvalue weighted by Crippen LogP contribution is -2.64. The Hall–Kier alpha value is -0.820. The molecule has 2 heterocycles. The molecule has 6 rings (SSSR count). The van der Waals surface area contributed by atoms with Gasteiger partial charge in [0.1, 0.15) is 48.8 Å². The van der Waals surface area contributed by atoms with Crippen LogP contribution in [0, 0.1) is 46.3 Å². The van der Waals surface area contributed by atoms with Crippen molar-refractivity contribution >= 4 is 0 Å². The van der Waals surface area contributed by atoms with E-state index in [1.165, 1.54) is 57.8 Å². The molecule has 0 aromatic rings. The molecule has 18 atom stereocenters. The highest BCUT2D eigenvalue weighted by Gasteiger charge is 2.59. The molecule has 59 heavy (non-hydrogen) atoms. The van der Waals surface area contributed by atoms with E-state index in [2.05, 4.69) is 40.7 Å². The predicted octanol–water partition coefficient (Wildman–Crippen LogP) is 3.09. The van der Waals surface area contributed by atoms with Crippen LogP contribution in [-0.2, 0) is 33.2 Å². The molecule has 3 saturated carbocycles. The monoisotopic (exact) mass is 843 g/mol. The third-order valence-electron chi connectivity index (χ3n) is 15.7. The van der Waals surface area contributed by atoms with Crippen molar-refractivity contribution in [1.82, 2.24) is 0 Å². The van der Waals surface area contributed by atoms with Gasteiger partial charge in [-0.1, -0.05) is 65.5 Å². The van der Waals surface area contributed by atoms with E-state index in [4.69, 9.17) is 33.2 Å². The highest BCUT2D eigenvalue weighted by molar-refractivity contribution is 5.25. The molecule has 0 spiro atoms. The molecule has 14 nitrogen and oxygen atoms in total. The van der Waals surface area contributed by atoms with Crippen molar-refractivity contribution in [1.29, 1.82) is 0 Å². The second-order valence-electron chi connectivity index (χ2n) is 19.6. The first-order valence-electron chi connectivity index (χ1n) is 22.9. The van der Waals surface area contributed by atoms with Crippen molar-refractivity contribution in [3.63, 3.8) is 0 Å². The summed E-state index contributed by atoms with van der Waals surface area (Å²) in [5.74, 6) is 5.03. The molecule has 0 radical (unpaired) electrons. The average Bonchev–Trinajstić information content (AvgIpc) is 3.58. The van der Waals surface area contributed by atoms with Gasteiger partial charge in [-0.25, -0.2) is 0 Å². The molecule has 6 aliphatic rings. The molecule has 0 bridgehead atoms. The zero-order chi connectivity index (χ0) is 42.5. The van der Waals surface area contributed by atoms with Crippen molar-refractivity contribution < 1.29 is 68.9 Å². The largest absolute Gasteiger partial charge is 0.394 e. The van der Waals surface area contributed by atoms with Crippen molar-refractivity contribution in [2.75, 3.05) is 52.9 Å². The molecule has 342 valence electrons. The lowest BCUT2D eigenvalue weighted by molar-refractivity contribution is -0.359. The van der Waals surface area contributed by atoms with Gasteiger partial charge in [-0.2, -0.15) is 0 Å². The van der Waals surface area contributed by atoms with Gasteiger partial charge in [0.05, 0.1) is 59.0 Å². The van der Waals surface area contributed by atoms with Crippen molar-refractivity contribution in [2.24, 2.45) is 46.3 Å². The normalized spacial score (nSPS) is 44.2. The van der Waals surface area contributed by atoms with Crippen molar-refractivity contribution in [2.45, 2.75) is 173 Å². The summed E-state index contributed by atoms with van der Waals surface area (Å²) in [5.41, 5.74) is 2.45. The SMILES string of the molecule is CC(C)CCC[C@@H](C)[C@H]1CCC2C3CC=C4C[C@@H](OCCOCCOCCO[C@@H]5O[C@H](CO)[C@@H](O[C@H]6O[C@H](CO)[C@@H](O)[C@H](O)[C@H]6O)[C@H](O)[C@H]5O)CC[C@]4(C)C3CC[C@@]21C. The average molecular weight is 843 g/mol. The van der Waals surface area contributed by atoms with Crippen LogP contribution in [0.15, 0.2) is 11.6 Å². The summed E-state index contributed by atoms with van der Waals surface area (Å²) in [4.78, 5) is 0. The summed E-state index contributed by atoms with van der Waals surface area (Å²) in [5, 5.41) is 71.2. The number of hydrogen-bond donors (Lipinski definition) is 7. The van der Waals surface area contributed by atoms with Crippen LogP contribution in [0.3, 0.4) is 0 Å². The third kappa shape index (κ3) is 10.6. The van der Waals surface area contributed by atoms with Crippen LogP contribution in [0.25, 0.3) is 0 Å². The first-order valence-corrected chi connectivity index (χ1v) is 22.9. The molecule has 0 amide bonds. The van der Waals surface area contributed by atoms with Gasteiger partial charge in [-0.15, -0.1) is 0 Å². The van der Waals surface area contributed by atoms with Crippen LogP contribution in [0.1, 0.15) is 105 Å². The van der Waals surface area contributed by atoms with Gasteiger partial charge in [-0.05, 0) is 97.7 Å². The second kappa shape index (κ2) is 21.2. The van der Waals surface area contributed by atoms with Crippen molar-refractivity contribution in [3.05, 3.63) is 11.6 Å². The molecule has 0 aromatic carbocycles. The van der Waals surface area contributed by atoms with E-state index in [1.54, 1.807) is 5.57 Å². The Bertz CT molecular complexity index is 1320. The maximum Gasteiger partial charge on any atom is 0.187 e. The molecular weight excluding hydrogens is 764 g/mol. The number of hydrogen-bond acceptors (Lipinski definition) is 14. The minimum Gasteiger partial charge on any atom is -0.394 e. The van der Waals surface area contributed by atoms with Crippen LogP contribution in [0.4, 0.5) is 0 Å². The lowest BCUT2D eigenvalue weighted by Gasteiger charge is -2.58. The van der Waals surface area contributed by atoms with E-state index in [0.29, 0.717) is 37.3 Å². The smallest absolute Gasteiger partial charge is 0.187 e. The Labute approximate surface area is 351 Å². The Kier molecular flexibility index (Phi) is 17.2. The first-order chi connectivity index (χ1) is 28.2. The predicted molar refractivity (Wildman–Crippen MR) is 217 cm³/mol. The summed E-state index contributed by atoms with van der Waals surface area (Å²) < 4.78 is 39.9. The van der Waals surface area contributed by atoms with Crippen LogP contribution in [0.5, 0.6) is 0 Å². The van der Waals surface area contributed by atoms with E-state index >= 15 is 0 Å². The van der Waals surface area contributed by atoms with E-state index in [9.17, 15) is 35.7 Å². The molecule has 5 fully saturated rings. The van der Waals surface area contributed by atoms with E-state index in [1.807, 2.05) is 0 Å². The molecule has 2 saturated heterocycles. The third-order valence-corrected chi connectivity index (χ3v) is 15.7. The van der Waals surface area contributed by atoms with Crippen LogP contribution < -0.4 is 0 Å². The Morgan fingerprint density at radius 3 is 2.05 bits per heavy atom. The maximum atomic E-state index is 10.8. The quantitative estimate of drug-likeness (QED) is 0.0696. The van der Waals surface area contributed by atoms with Gasteiger partial charge in [0.15, 0.2) is 12.6 Å². The van der Waals surface area contributed by atoms with Gasteiger partial charge < -0.3 is 68.9 Å². The highest BCUT2D eigenvalue weighted by atomic mass is 16.7. The Morgan fingerprint density at radius 1 is 0.695 bits per heavy atom. The molecule has 0 aromatic heterocycles. The fourth-order valence-corrected chi connectivity index (χ4v) is 12.3. The highest BCUT2D eigenvalue weighted by Crippen LogP contribution is 2.67. The fourth-order valence-electron chi connectivity index (χ4n) is 12.3. The number of allylic oxidation sites excluding steroid dienone is 1. The van der Waals surface area contributed by atoms with Gasteiger partial charge in [0.25, 0.3) is 0 Å². The maximum absolute atomic E-state index is 10.8. The number of fused-ring (bicyclic) bond motifs is 5.